The second kappa shape index (κ2) is 5.35. The van der Waals surface area contributed by atoms with Crippen LogP contribution in [-0.4, -0.2) is 68.2 Å². The topological polar surface area (TPSA) is 75.9 Å². The zero-order valence-corrected chi connectivity index (χ0v) is 13.4. The molecule has 0 saturated carbocycles. The van der Waals surface area contributed by atoms with Gasteiger partial charge in [0.25, 0.3) is 0 Å². The summed E-state index contributed by atoms with van der Waals surface area (Å²) in [4.78, 5) is 2.39. The van der Waals surface area contributed by atoms with Crippen LogP contribution in [0, 0.1) is 13.8 Å². The third kappa shape index (κ3) is 2.50. The molecule has 1 aromatic rings. The number of hydrogen-bond acceptors (Lipinski definition) is 6. The summed E-state index contributed by atoms with van der Waals surface area (Å²) in [6.45, 7) is 5.77. The zero-order valence-electron chi connectivity index (χ0n) is 12.6. The summed E-state index contributed by atoms with van der Waals surface area (Å²) in [7, 11) is -1.54. The van der Waals surface area contributed by atoms with Crippen molar-refractivity contribution in [3.63, 3.8) is 0 Å². The molecule has 0 spiro atoms. The number of nitrogens with zero attached hydrogens (tertiary/aromatic N) is 3. The smallest absolute Gasteiger partial charge is 0.248 e. The van der Waals surface area contributed by atoms with Crippen LogP contribution >= 0.6 is 0 Å². The van der Waals surface area contributed by atoms with Gasteiger partial charge in [-0.05, 0) is 27.3 Å². The number of aromatic nitrogens is 1. The summed E-state index contributed by atoms with van der Waals surface area (Å²) in [5, 5.41) is 3.76. The molecule has 0 bridgehead atoms. The molecule has 1 aromatic heterocycles. The Kier molecular flexibility index (Phi) is 3.81. The van der Waals surface area contributed by atoms with Gasteiger partial charge in [-0.25, -0.2) is 8.42 Å². The number of hydrogen-bond donors (Lipinski definition) is 0. The van der Waals surface area contributed by atoms with Crippen molar-refractivity contribution in [3.05, 3.63) is 11.5 Å². The third-order valence-electron chi connectivity index (χ3n) is 4.39. The van der Waals surface area contributed by atoms with Gasteiger partial charge in [-0.3, -0.25) is 4.90 Å². The minimum atomic E-state index is -3.56. The van der Waals surface area contributed by atoms with Gasteiger partial charge in [0.1, 0.15) is 10.6 Å². The maximum absolute atomic E-state index is 12.8. The van der Waals surface area contributed by atoms with Crippen molar-refractivity contribution in [1.29, 1.82) is 0 Å². The molecule has 3 heterocycles. The van der Waals surface area contributed by atoms with E-state index >= 15 is 0 Å². The molecule has 0 aliphatic carbocycles. The Bertz CT molecular complexity index is 608. The van der Waals surface area contributed by atoms with E-state index in [1.807, 2.05) is 7.05 Å². The normalized spacial score (nSPS) is 28.5. The van der Waals surface area contributed by atoms with Gasteiger partial charge in [0.15, 0.2) is 5.76 Å². The number of aryl methyl sites for hydroxylation is 2. The van der Waals surface area contributed by atoms with E-state index in [1.165, 1.54) is 4.31 Å². The number of ether oxygens (including phenoxy) is 1. The number of sulfonamides is 1. The second-order valence-electron chi connectivity index (χ2n) is 5.76. The van der Waals surface area contributed by atoms with Crippen LogP contribution in [0.2, 0.25) is 0 Å². The van der Waals surface area contributed by atoms with Gasteiger partial charge >= 0.3 is 0 Å². The molecule has 0 N–H and O–H groups in total. The first-order valence-corrected chi connectivity index (χ1v) is 8.60. The van der Waals surface area contributed by atoms with Crippen molar-refractivity contribution in [3.8, 4) is 0 Å². The summed E-state index contributed by atoms with van der Waals surface area (Å²) >= 11 is 0. The molecule has 0 radical (unpaired) electrons. The largest absolute Gasteiger partial charge is 0.375 e. The maximum atomic E-state index is 12.8. The summed E-state index contributed by atoms with van der Waals surface area (Å²) in [5.41, 5.74) is 0.419. The number of piperidine rings is 1. The molecule has 2 fully saturated rings. The van der Waals surface area contributed by atoms with Crippen LogP contribution in [0.4, 0.5) is 0 Å². The Morgan fingerprint density at radius 1 is 1.29 bits per heavy atom. The van der Waals surface area contributed by atoms with E-state index in [9.17, 15) is 8.42 Å². The van der Waals surface area contributed by atoms with E-state index in [0.29, 0.717) is 31.2 Å². The predicted molar refractivity (Wildman–Crippen MR) is 75.5 cm³/mol. The highest BCUT2D eigenvalue weighted by Gasteiger charge is 2.41. The fourth-order valence-electron chi connectivity index (χ4n) is 3.20. The van der Waals surface area contributed by atoms with E-state index in [0.717, 1.165) is 13.0 Å². The fraction of sp³-hybridized carbons (Fsp3) is 0.769. The Labute approximate surface area is 124 Å². The first-order valence-electron chi connectivity index (χ1n) is 7.16. The highest BCUT2D eigenvalue weighted by molar-refractivity contribution is 7.89. The Balaban J connectivity index is 1.87. The molecule has 0 aromatic carbocycles. The third-order valence-corrected chi connectivity index (χ3v) is 6.50. The summed E-state index contributed by atoms with van der Waals surface area (Å²) < 4.78 is 38.0. The van der Waals surface area contributed by atoms with Crippen molar-refractivity contribution in [1.82, 2.24) is 14.4 Å². The monoisotopic (exact) mass is 315 g/mol. The van der Waals surface area contributed by atoms with Crippen LogP contribution in [0.15, 0.2) is 9.42 Å². The molecule has 7 nitrogen and oxygen atoms in total. The Morgan fingerprint density at radius 3 is 2.71 bits per heavy atom. The average molecular weight is 315 g/mol. The minimum absolute atomic E-state index is 0.114. The molecule has 8 heteroatoms. The van der Waals surface area contributed by atoms with Crippen LogP contribution < -0.4 is 0 Å². The minimum Gasteiger partial charge on any atom is -0.375 e. The molecule has 118 valence electrons. The highest BCUT2D eigenvalue weighted by Crippen LogP contribution is 2.29. The van der Waals surface area contributed by atoms with Gasteiger partial charge in [-0.1, -0.05) is 5.16 Å². The highest BCUT2D eigenvalue weighted by atomic mass is 32.2. The zero-order chi connectivity index (χ0) is 15.2. The molecule has 21 heavy (non-hydrogen) atoms. The quantitative estimate of drug-likeness (QED) is 0.785. The summed E-state index contributed by atoms with van der Waals surface area (Å²) in [6, 6.07) is 0.114. The molecule has 2 saturated heterocycles. The van der Waals surface area contributed by atoms with Gasteiger partial charge in [0.05, 0.1) is 12.7 Å². The van der Waals surface area contributed by atoms with E-state index < -0.39 is 10.0 Å². The molecular formula is C13H21N3O4S. The molecular weight excluding hydrogens is 294 g/mol. The van der Waals surface area contributed by atoms with E-state index in [2.05, 4.69) is 10.1 Å². The van der Waals surface area contributed by atoms with Crippen molar-refractivity contribution in [2.45, 2.75) is 37.3 Å². The van der Waals surface area contributed by atoms with Gasteiger partial charge in [-0.15, -0.1) is 0 Å². The number of rotatable bonds is 2. The Morgan fingerprint density at radius 2 is 2.05 bits per heavy atom. The van der Waals surface area contributed by atoms with Crippen molar-refractivity contribution < 1.29 is 17.7 Å². The van der Waals surface area contributed by atoms with Crippen LogP contribution in [-0.2, 0) is 14.8 Å². The van der Waals surface area contributed by atoms with Gasteiger partial charge in [0, 0.05) is 25.7 Å². The Hall–Kier alpha value is -0.960. The molecule has 2 atom stereocenters. The fourth-order valence-corrected chi connectivity index (χ4v) is 4.97. The standard InChI is InChI=1S/C13H21N3O4S/c1-9-13(10(2)20-14-9)21(17,18)16-5-4-12-11(8-16)15(3)6-7-19-12/h11-12H,4-8H2,1-3H3/t11-,12+/m0/s1. The first-order chi connectivity index (χ1) is 9.91. The molecule has 2 aliphatic rings. The maximum Gasteiger partial charge on any atom is 0.248 e. The predicted octanol–water partition coefficient (Wildman–Crippen LogP) is 0.385. The molecule has 3 rings (SSSR count). The number of fused-ring (bicyclic) bond motifs is 1. The lowest BCUT2D eigenvalue weighted by molar-refractivity contribution is -0.0840. The van der Waals surface area contributed by atoms with Crippen LogP contribution in [0.3, 0.4) is 0 Å². The van der Waals surface area contributed by atoms with Crippen molar-refractivity contribution in [2.75, 3.05) is 33.3 Å². The molecule has 0 unspecified atom stereocenters. The number of morpholine rings is 1. The average Bonchev–Trinajstić information content (AvgIpc) is 2.79. The summed E-state index contributed by atoms with van der Waals surface area (Å²) in [5.74, 6) is 0.350. The SMILES string of the molecule is Cc1noc(C)c1S(=O)(=O)N1CC[C@H]2OCCN(C)[C@H]2C1. The van der Waals surface area contributed by atoms with Gasteiger partial charge in [-0.2, -0.15) is 4.31 Å². The number of likely N-dealkylation sites (N-methyl/N-ethyl adjacent to an activating group) is 1. The lowest BCUT2D eigenvalue weighted by Gasteiger charge is -2.45. The van der Waals surface area contributed by atoms with Crippen molar-refractivity contribution >= 4 is 10.0 Å². The molecule has 0 amide bonds. The van der Waals surface area contributed by atoms with E-state index in [1.54, 1.807) is 13.8 Å². The van der Waals surface area contributed by atoms with Crippen LogP contribution in [0.5, 0.6) is 0 Å². The molecule has 2 aliphatic heterocycles. The van der Waals surface area contributed by atoms with Crippen LogP contribution in [0.1, 0.15) is 17.9 Å². The summed E-state index contributed by atoms with van der Waals surface area (Å²) in [6.07, 6.45) is 0.845. The van der Waals surface area contributed by atoms with Gasteiger partial charge < -0.3 is 9.26 Å². The van der Waals surface area contributed by atoms with E-state index in [4.69, 9.17) is 9.26 Å². The van der Waals surface area contributed by atoms with Crippen molar-refractivity contribution in [2.24, 2.45) is 0 Å². The lowest BCUT2D eigenvalue weighted by atomic mass is 10.0. The van der Waals surface area contributed by atoms with E-state index in [-0.39, 0.29) is 17.0 Å². The lowest BCUT2D eigenvalue weighted by Crippen LogP contribution is -2.59. The van der Waals surface area contributed by atoms with Gasteiger partial charge in [0.2, 0.25) is 10.0 Å². The second-order valence-corrected chi connectivity index (χ2v) is 7.64. The van der Waals surface area contributed by atoms with Crippen LogP contribution in [0.25, 0.3) is 0 Å². The first kappa shape index (κ1) is 15.0.